The Morgan fingerprint density at radius 3 is 2.93 bits per heavy atom. The lowest BCUT2D eigenvalue weighted by Gasteiger charge is -2.18. The minimum Gasteiger partial charge on any atom is -0.476 e. The maximum Gasteiger partial charge on any atom is 0.355 e. The first-order valence-corrected chi connectivity index (χ1v) is 5.51. The molecule has 0 fully saturated rings. The molecule has 0 saturated carbocycles. The van der Waals surface area contributed by atoms with Crippen LogP contribution in [-0.2, 0) is 0 Å². The van der Waals surface area contributed by atoms with Crippen molar-refractivity contribution >= 4 is 35.1 Å². The van der Waals surface area contributed by atoms with Crippen molar-refractivity contribution in [3.63, 3.8) is 0 Å². The van der Waals surface area contributed by atoms with E-state index in [0.29, 0.717) is 5.01 Å². The van der Waals surface area contributed by atoms with Gasteiger partial charge in [0.25, 0.3) is 0 Å². The Hall–Kier alpha value is -1.14. The molecule has 1 aliphatic rings. The van der Waals surface area contributed by atoms with Crippen LogP contribution in [0.4, 0.5) is 0 Å². The summed E-state index contributed by atoms with van der Waals surface area (Å²) in [6.07, 6.45) is 1.62. The summed E-state index contributed by atoms with van der Waals surface area (Å²) in [7, 11) is 1.78. The number of nitrogens with zero attached hydrogens (tertiary/aromatic N) is 3. The Kier molecular flexibility index (Phi) is 2.62. The molecule has 0 radical (unpaired) electrons. The van der Waals surface area contributed by atoms with E-state index in [1.165, 1.54) is 16.7 Å². The summed E-state index contributed by atoms with van der Waals surface area (Å²) >= 11 is 7.31. The monoisotopic (exact) mass is 245 g/mol. The van der Waals surface area contributed by atoms with Crippen LogP contribution in [0.25, 0.3) is 0 Å². The molecule has 2 unspecified atom stereocenters. The summed E-state index contributed by atoms with van der Waals surface area (Å²) in [5.41, 5.74) is 0.0548. The Bertz CT molecular complexity index is 408. The lowest BCUT2D eigenvalue weighted by atomic mass is 10.2. The Morgan fingerprint density at radius 1 is 1.73 bits per heavy atom. The third kappa shape index (κ3) is 1.82. The minimum atomic E-state index is -1.02. The van der Waals surface area contributed by atoms with Crippen LogP contribution in [-0.4, -0.2) is 39.7 Å². The van der Waals surface area contributed by atoms with E-state index in [0.717, 1.165) is 0 Å². The maximum absolute atomic E-state index is 10.7. The van der Waals surface area contributed by atoms with Gasteiger partial charge in [-0.3, -0.25) is 5.01 Å². The molecule has 80 valence electrons. The van der Waals surface area contributed by atoms with E-state index in [1.807, 2.05) is 0 Å². The molecule has 1 aliphatic heterocycles. The zero-order valence-corrected chi connectivity index (χ0v) is 9.37. The fourth-order valence-electron chi connectivity index (χ4n) is 1.35. The standard InChI is InChI=1S/C8H8ClN3O2S/c1-12-6(4(9)2-10-12)7-11-5(3-15-7)8(13)14/h2-4,6H,1H3,(H,13,14). The van der Waals surface area contributed by atoms with Crippen molar-refractivity contribution in [3.05, 3.63) is 16.1 Å². The van der Waals surface area contributed by atoms with Gasteiger partial charge >= 0.3 is 5.97 Å². The number of hydrogen-bond acceptors (Lipinski definition) is 5. The Morgan fingerprint density at radius 2 is 2.47 bits per heavy atom. The molecular formula is C8H8ClN3O2S. The van der Waals surface area contributed by atoms with E-state index in [-0.39, 0.29) is 17.1 Å². The van der Waals surface area contributed by atoms with Crippen molar-refractivity contribution in [1.82, 2.24) is 9.99 Å². The van der Waals surface area contributed by atoms with Crippen LogP contribution in [0.1, 0.15) is 21.5 Å². The normalized spacial score (nSPS) is 24.8. The summed E-state index contributed by atoms with van der Waals surface area (Å²) in [6, 6.07) is -0.162. The molecule has 1 N–H and O–H groups in total. The molecule has 2 heterocycles. The van der Waals surface area contributed by atoms with Gasteiger partial charge < -0.3 is 5.11 Å². The van der Waals surface area contributed by atoms with Crippen LogP contribution >= 0.6 is 22.9 Å². The molecule has 7 heteroatoms. The van der Waals surface area contributed by atoms with E-state index in [2.05, 4.69) is 10.1 Å². The quantitative estimate of drug-likeness (QED) is 0.801. The fourth-order valence-corrected chi connectivity index (χ4v) is 2.73. The maximum atomic E-state index is 10.7. The number of hydrogen-bond donors (Lipinski definition) is 1. The highest BCUT2D eigenvalue weighted by Crippen LogP contribution is 2.32. The van der Waals surface area contributed by atoms with Gasteiger partial charge in [-0.1, -0.05) is 0 Å². The molecule has 1 aromatic rings. The fraction of sp³-hybridized carbons (Fsp3) is 0.375. The first-order chi connectivity index (χ1) is 7.09. The molecule has 0 aliphatic carbocycles. The van der Waals surface area contributed by atoms with Crippen LogP contribution in [0.2, 0.25) is 0 Å². The highest BCUT2D eigenvalue weighted by molar-refractivity contribution is 7.10. The van der Waals surface area contributed by atoms with Gasteiger partial charge in [0.05, 0.1) is 5.38 Å². The van der Waals surface area contributed by atoms with Gasteiger partial charge in [-0.2, -0.15) is 5.10 Å². The number of carboxylic acid groups (broad SMARTS) is 1. The summed E-state index contributed by atoms with van der Waals surface area (Å²) in [6.45, 7) is 0. The molecular weight excluding hydrogens is 238 g/mol. The number of halogens is 1. The molecule has 0 saturated heterocycles. The molecule has 0 spiro atoms. The summed E-state index contributed by atoms with van der Waals surface area (Å²) < 4.78 is 0. The van der Waals surface area contributed by atoms with Crippen molar-refractivity contribution in [2.45, 2.75) is 11.4 Å². The number of alkyl halides is 1. The van der Waals surface area contributed by atoms with Crippen LogP contribution in [0.15, 0.2) is 10.5 Å². The smallest absolute Gasteiger partial charge is 0.355 e. The van der Waals surface area contributed by atoms with Crippen LogP contribution in [0.5, 0.6) is 0 Å². The second-order valence-electron chi connectivity index (χ2n) is 3.10. The first-order valence-electron chi connectivity index (χ1n) is 4.19. The molecule has 2 rings (SSSR count). The highest BCUT2D eigenvalue weighted by Gasteiger charge is 2.31. The Labute approximate surface area is 95.0 Å². The molecule has 0 bridgehead atoms. The van der Waals surface area contributed by atoms with Gasteiger partial charge in [-0.25, -0.2) is 9.78 Å². The van der Waals surface area contributed by atoms with Crippen molar-refractivity contribution in [3.8, 4) is 0 Å². The topological polar surface area (TPSA) is 65.8 Å². The number of carboxylic acids is 1. The lowest BCUT2D eigenvalue weighted by Crippen LogP contribution is -2.21. The van der Waals surface area contributed by atoms with Gasteiger partial charge in [0, 0.05) is 18.6 Å². The van der Waals surface area contributed by atoms with Crippen LogP contribution in [0, 0.1) is 0 Å². The summed E-state index contributed by atoms with van der Waals surface area (Å²) in [5, 5.41) is 16.4. The average Bonchev–Trinajstić information content (AvgIpc) is 2.73. The third-order valence-electron chi connectivity index (χ3n) is 2.09. The predicted octanol–water partition coefficient (Wildman–Crippen LogP) is 1.42. The minimum absolute atomic E-state index is 0.0548. The number of aromatic nitrogens is 1. The van der Waals surface area contributed by atoms with E-state index < -0.39 is 5.97 Å². The highest BCUT2D eigenvalue weighted by atomic mass is 35.5. The van der Waals surface area contributed by atoms with Gasteiger partial charge in [0.1, 0.15) is 11.0 Å². The number of hydrazone groups is 1. The largest absolute Gasteiger partial charge is 0.476 e. The molecule has 1 aromatic heterocycles. The van der Waals surface area contributed by atoms with Crippen LogP contribution in [0.3, 0.4) is 0 Å². The second kappa shape index (κ2) is 3.79. The molecule has 2 atom stereocenters. The van der Waals surface area contributed by atoms with Gasteiger partial charge in [-0.05, 0) is 0 Å². The molecule has 0 amide bonds. The van der Waals surface area contributed by atoms with Gasteiger partial charge in [0.2, 0.25) is 0 Å². The average molecular weight is 246 g/mol. The second-order valence-corrected chi connectivity index (χ2v) is 4.50. The summed E-state index contributed by atoms with van der Waals surface area (Å²) in [5.74, 6) is -1.02. The predicted molar refractivity (Wildman–Crippen MR) is 57.7 cm³/mol. The zero-order valence-electron chi connectivity index (χ0n) is 7.79. The van der Waals surface area contributed by atoms with E-state index in [4.69, 9.17) is 16.7 Å². The zero-order chi connectivity index (χ0) is 11.0. The van der Waals surface area contributed by atoms with E-state index in [1.54, 1.807) is 18.3 Å². The van der Waals surface area contributed by atoms with E-state index in [9.17, 15) is 4.79 Å². The SMILES string of the molecule is CN1N=CC(Cl)C1c1nc(C(=O)O)cs1. The van der Waals surface area contributed by atoms with Crippen molar-refractivity contribution < 1.29 is 9.90 Å². The molecule has 0 aromatic carbocycles. The van der Waals surface area contributed by atoms with Crippen LogP contribution < -0.4 is 0 Å². The third-order valence-corrected chi connectivity index (χ3v) is 3.36. The van der Waals surface area contributed by atoms with Gasteiger partial charge in [-0.15, -0.1) is 22.9 Å². The number of thiazole rings is 1. The summed E-state index contributed by atoms with van der Waals surface area (Å²) in [4.78, 5) is 14.7. The number of rotatable bonds is 2. The first kappa shape index (κ1) is 10.4. The molecule has 5 nitrogen and oxygen atoms in total. The number of aromatic carboxylic acids is 1. The molecule has 15 heavy (non-hydrogen) atoms. The van der Waals surface area contributed by atoms with E-state index >= 15 is 0 Å². The number of carbonyl (C=O) groups is 1. The van der Waals surface area contributed by atoms with Crippen molar-refractivity contribution in [2.24, 2.45) is 5.10 Å². The van der Waals surface area contributed by atoms with Crippen molar-refractivity contribution in [1.29, 1.82) is 0 Å². The van der Waals surface area contributed by atoms with Gasteiger partial charge in [0.15, 0.2) is 5.69 Å². The van der Waals surface area contributed by atoms with Crippen molar-refractivity contribution in [2.75, 3.05) is 7.05 Å². The Balaban J connectivity index is 2.26. The lowest BCUT2D eigenvalue weighted by molar-refractivity contribution is 0.0691.